The standard InChI is InChI=1S/C13H27N7O6/c14-9(2-1-3-18-10(15)16)8-26-13(23)20-5-7-25-12(22)19-4-6-24-11(17)21/h9H,1-8,14H2,(H2,17,21)(H,19,22)(H,20,23)(H4,15,16,18). The first-order valence-electron chi connectivity index (χ1n) is 7.85. The third-order valence-corrected chi connectivity index (χ3v) is 2.68. The monoisotopic (exact) mass is 377 g/mol. The first-order valence-corrected chi connectivity index (χ1v) is 7.85. The van der Waals surface area contributed by atoms with E-state index in [1.807, 2.05) is 0 Å². The number of aliphatic imine (C=N–C) groups is 1. The molecule has 0 aliphatic carbocycles. The van der Waals surface area contributed by atoms with E-state index < -0.39 is 18.3 Å². The van der Waals surface area contributed by atoms with E-state index >= 15 is 0 Å². The molecule has 0 spiro atoms. The lowest BCUT2D eigenvalue weighted by Gasteiger charge is -2.12. The van der Waals surface area contributed by atoms with Crippen molar-refractivity contribution in [2.24, 2.45) is 27.9 Å². The third kappa shape index (κ3) is 15.9. The molecule has 1 unspecified atom stereocenters. The predicted octanol–water partition coefficient (Wildman–Crippen LogP) is -2.08. The highest BCUT2D eigenvalue weighted by Gasteiger charge is 2.08. The zero-order valence-corrected chi connectivity index (χ0v) is 14.4. The second-order valence-corrected chi connectivity index (χ2v) is 4.96. The van der Waals surface area contributed by atoms with Crippen molar-refractivity contribution in [2.45, 2.75) is 18.9 Å². The van der Waals surface area contributed by atoms with Gasteiger partial charge >= 0.3 is 18.3 Å². The number of guanidine groups is 1. The summed E-state index contributed by atoms with van der Waals surface area (Å²) in [5, 5.41) is 4.71. The fraction of sp³-hybridized carbons (Fsp3) is 0.692. The Kier molecular flexibility index (Phi) is 12.8. The summed E-state index contributed by atoms with van der Waals surface area (Å²) >= 11 is 0. The Hall–Kier alpha value is -2.96. The normalized spacial score (nSPS) is 11.0. The molecule has 26 heavy (non-hydrogen) atoms. The van der Waals surface area contributed by atoms with Crippen LogP contribution in [0.3, 0.4) is 0 Å². The fourth-order valence-electron chi connectivity index (χ4n) is 1.53. The molecule has 0 aliphatic rings. The van der Waals surface area contributed by atoms with Gasteiger partial charge in [-0.25, -0.2) is 14.4 Å². The number of rotatable bonds is 12. The molecule has 0 rings (SSSR count). The maximum absolute atomic E-state index is 11.4. The van der Waals surface area contributed by atoms with Crippen LogP contribution in [0.5, 0.6) is 0 Å². The second kappa shape index (κ2) is 14.4. The molecular formula is C13H27N7O6. The summed E-state index contributed by atoms with van der Waals surface area (Å²) < 4.78 is 14.1. The second-order valence-electron chi connectivity index (χ2n) is 4.96. The number of nitrogens with zero attached hydrogens (tertiary/aromatic N) is 1. The SMILES string of the molecule is NC(=O)OCCNC(=O)OCCNC(=O)OCC(N)CCCN=C(N)N. The Morgan fingerprint density at radius 1 is 0.923 bits per heavy atom. The lowest BCUT2D eigenvalue weighted by molar-refractivity contribution is 0.125. The topological polar surface area (TPSA) is 219 Å². The number of hydrogen-bond donors (Lipinski definition) is 6. The largest absolute Gasteiger partial charge is 0.448 e. The van der Waals surface area contributed by atoms with Crippen LogP contribution in [0.1, 0.15) is 12.8 Å². The summed E-state index contributed by atoms with van der Waals surface area (Å²) in [5.41, 5.74) is 20.9. The van der Waals surface area contributed by atoms with Gasteiger partial charge in [-0.3, -0.25) is 4.99 Å². The van der Waals surface area contributed by atoms with Crippen molar-refractivity contribution < 1.29 is 28.6 Å². The molecule has 13 heteroatoms. The maximum Gasteiger partial charge on any atom is 0.407 e. The summed E-state index contributed by atoms with van der Waals surface area (Å²) in [5.74, 6) is 0.0177. The Labute approximate surface area is 150 Å². The molecule has 0 aliphatic heterocycles. The van der Waals surface area contributed by atoms with Crippen molar-refractivity contribution in [2.75, 3.05) is 39.5 Å². The number of carbonyl (C=O) groups excluding carboxylic acids is 3. The quantitative estimate of drug-likeness (QED) is 0.0948. The molecule has 150 valence electrons. The Bertz CT molecular complexity index is 470. The molecule has 3 amide bonds. The lowest BCUT2D eigenvalue weighted by Crippen LogP contribution is -2.35. The zero-order chi connectivity index (χ0) is 19.8. The molecule has 0 bridgehead atoms. The van der Waals surface area contributed by atoms with Gasteiger partial charge in [0.2, 0.25) is 0 Å². The number of carbonyl (C=O) groups is 3. The van der Waals surface area contributed by atoms with E-state index in [0.29, 0.717) is 19.4 Å². The highest BCUT2D eigenvalue weighted by atomic mass is 16.6. The van der Waals surface area contributed by atoms with Gasteiger partial charge in [-0.1, -0.05) is 0 Å². The van der Waals surface area contributed by atoms with Gasteiger partial charge in [-0.05, 0) is 12.8 Å². The molecule has 13 nitrogen and oxygen atoms in total. The van der Waals surface area contributed by atoms with Crippen LogP contribution in [0, 0.1) is 0 Å². The number of amides is 3. The molecule has 10 N–H and O–H groups in total. The number of hydrogen-bond acceptors (Lipinski definition) is 8. The van der Waals surface area contributed by atoms with Gasteiger partial charge in [-0.2, -0.15) is 0 Å². The fourth-order valence-corrected chi connectivity index (χ4v) is 1.53. The maximum atomic E-state index is 11.4. The Morgan fingerprint density at radius 3 is 2.08 bits per heavy atom. The first kappa shape index (κ1) is 23.0. The van der Waals surface area contributed by atoms with Crippen molar-refractivity contribution >= 4 is 24.2 Å². The predicted molar refractivity (Wildman–Crippen MR) is 92.1 cm³/mol. The summed E-state index contributed by atoms with van der Waals surface area (Å²) in [7, 11) is 0. The minimum Gasteiger partial charge on any atom is -0.448 e. The number of nitrogens with one attached hydrogen (secondary N) is 2. The van der Waals surface area contributed by atoms with Crippen molar-refractivity contribution in [3.63, 3.8) is 0 Å². The molecule has 0 aromatic heterocycles. The molecule has 0 fully saturated rings. The van der Waals surface area contributed by atoms with E-state index in [1.54, 1.807) is 0 Å². The minimum absolute atomic E-state index is 0.0177. The number of alkyl carbamates (subject to hydrolysis) is 2. The Balaban J connectivity index is 3.57. The molecule has 0 saturated carbocycles. The van der Waals surface area contributed by atoms with Gasteiger partial charge in [-0.15, -0.1) is 0 Å². The van der Waals surface area contributed by atoms with Crippen LogP contribution in [0.25, 0.3) is 0 Å². The van der Waals surface area contributed by atoms with Crippen LogP contribution in [0.4, 0.5) is 14.4 Å². The minimum atomic E-state index is -0.934. The van der Waals surface area contributed by atoms with Crippen LogP contribution >= 0.6 is 0 Å². The Morgan fingerprint density at radius 2 is 1.50 bits per heavy atom. The highest BCUT2D eigenvalue weighted by molar-refractivity contribution is 5.75. The summed E-state index contributed by atoms with van der Waals surface area (Å²) in [6.07, 6.45) is -1.08. The smallest absolute Gasteiger partial charge is 0.407 e. The third-order valence-electron chi connectivity index (χ3n) is 2.68. The van der Waals surface area contributed by atoms with Gasteiger partial charge in [0.15, 0.2) is 5.96 Å². The molecule has 0 radical (unpaired) electrons. The van der Waals surface area contributed by atoms with Gasteiger partial charge in [0.05, 0.1) is 13.1 Å². The van der Waals surface area contributed by atoms with E-state index in [0.717, 1.165) is 0 Å². The van der Waals surface area contributed by atoms with Crippen LogP contribution in [-0.2, 0) is 14.2 Å². The summed E-state index contributed by atoms with van der Waals surface area (Å²) in [6, 6.07) is -0.334. The summed E-state index contributed by atoms with van der Waals surface area (Å²) in [4.78, 5) is 36.7. The average molecular weight is 377 g/mol. The molecule has 0 heterocycles. The van der Waals surface area contributed by atoms with Gasteiger partial charge < -0.3 is 47.8 Å². The number of nitrogens with two attached hydrogens (primary N) is 4. The number of primary amides is 1. The van der Waals surface area contributed by atoms with Crippen molar-refractivity contribution in [3.8, 4) is 0 Å². The molecular weight excluding hydrogens is 350 g/mol. The molecule has 0 saturated heterocycles. The van der Waals surface area contributed by atoms with E-state index in [4.69, 9.17) is 32.4 Å². The average Bonchev–Trinajstić information content (AvgIpc) is 2.57. The molecule has 0 aromatic carbocycles. The van der Waals surface area contributed by atoms with Crippen molar-refractivity contribution in [1.82, 2.24) is 10.6 Å². The van der Waals surface area contributed by atoms with Crippen LogP contribution in [0.2, 0.25) is 0 Å². The van der Waals surface area contributed by atoms with Gasteiger partial charge in [0, 0.05) is 12.6 Å². The van der Waals surface area contributed by atoms with Crippen molar-refractivity contribution in [1.29, 1.82) is 0 Å². The van der Waals surface area contributed by atoms with Crippen LogP contribution in [-0.4, -0.2) is 69.7 Å². The van der Waals surface area contributed by atoms with Crippen LogP contribution < -0.4 is 33.6 Å². The molecule has 1 atom stereocenters. The van der Waals surface area contributed by atoms with E-state index in [2.05, 4.69) is 20.4 Å². The van der Waals surface area contributed by atoms with Gasteiger partial charge in [0.25, 0.3) is 0 Å². The van der Waals surface area contributed by atoms with E-state index in [1.165, 1.54) is 0 Å². The van der Waals surface area contributed by atoms with Crippen LogP contribution in [0.15, 0.2) is 4.99 Å². The van der Waals surface area contributed by atoms with Gasteiger partial charge in [0.1, 0.15) is 19.8 Å². The lowest BCUT2D eigenvalue weighted by atomic mass is 10.2. The highest BCUT2D eigenvalue weighted by Crippen LogP contribution is 1.96. The summed E-state index contributed by atoms with van der Waals surface area (Å²) in [6.45, 7) is 0.469. The van der Waals surface area contributed by atoms with E-state index in [9.17, 15) is 14.4 Å². The first-order chi connectivity index (χ1) is 12.3. The molecule has 0 aromatic rings. The number of ether oxygens (including phenoxy) is 3. The van der Waals surface area contributed by atoms with Crippen molar-refractivity contribution in [3.05, 3.63) is 0 Å². The van der Waals surface area contributed by atoms with E-state index in [-0.39, 0.29) is 44.9 Å². The zero-order valence-electron chi connectivity index (χ0n) is 14.4.